The average Bonchev–Trinajstić information content (AvgIpc) is 3.41. The standard InChI is InChI=1S/C22H23Cl2F3N6/c23-13-7-14(24)9-16(8-13)31-15-2-5-32(10-15)19-11-33(6-3-18(19)22(25,26)27)21-17-1-4-28-20(17)29-12-30-21/h1,4,7-9,12,15,18-19,31H,2-3,5-6,10-11H2,(H,28,29,30)/t15-,18+,19+/m1/s1. The number of nitrogens with zero attached hydrogens (tertiary/aromatic N) is 4. The van der Waals surface area contributed by atoms with Crippen molar-refractivity contribution in [3.63, 3.8) is 0 Å². The van der Waals surface area contributed by atoms with Gasteiger partial charge in [0.1, 0.15) is 17.8 Å². The molecule has 3 aromatic rings. The van der Waals surface area contributed by atoms with Crippen molar-refractivity contribution in [3.8, 4) is 0 Å². The Kier molecular flexibility index (Phi) is 6.05. The van der Waals surface area contributed by atoms with Gasteiger partial charge in [0.05, 0.1) is 11.3 Å². The number of benzene rings is 1. The number of halogens is 5. The van der Waals surface area contributed by atoms with Gasteiger partial charge in [-0.25, -0.2) is 9.97 Å². The Morgan fingerprint density at radius 1 is 1.03 bits per heavy atom. The van der Waals surface area contributed by atoms with Crippen molar-refractivity contribution in [1.82, 2.24) is 19.9 Å². The quantitative estimate of drug-likeness (QED) is 0.517. The first-order chi connectivity index (χ1) is 15.8. The Bertz CT molecular complexity index is 1120. The lowest BCUT2D eigenvalue weighted by Crippen LogP contribution is -2.56. The molecule has 0 bridgehead atoms. The fourth-order valence-corrected chi connectivity index (χ4v) is 5.59. The molecule has 2 aromatic heterocycles. The zero-order valence-electron chi connectivity index (χ0n) is 17.6. The van der Waals surface area contributed by atoms with Gasteiger partial charge >= 0.3 is 6.18 Å². The van der Waals surface area contributed by atoms with Gasteiger partial charge in [0.25, 0.3) is 0 Å². The number of fused-ring (bicyclic) bond motifs is 1. The normalized spacial score (nSPS) is 24.5. The molecule has 6 nitrogen and oxygen atoms in total. The predicted octanol–water partition coefficient (Wildman–Crippen LogP) is 5.21. The number of aromatic nitrogens is 3. The minimum Gasteiger partial charge on any atom is -0.381 e. The van der Waals surface area contributed by atoms with Crippen LogP contribution >= 0.6 is 23.2 Å². The minimum atomic E-state index is -4.25. The Hall–Kier alpha value is -2.23. The third-order valence-electron chi connectivity index (χ3n) is 6.56. The van der Waals surface area contributed by atoms with E-state index < -0.39 is 18.1 Å². The van der Waals surface area contributed by atoms with Gasteiger partial charge < -0.3 is 15.2 Å². The van der Waals surface area contributed by atoms with Gasteiger partial charge in [-0.15, -0.1) is 0 Å². The van der Waals surface area contributed by atoms with Crippen molar-refractivity contribution < 1.29 is 13.2 Å². The average molecular weight is 499 g/mol. The third kappa shape index (κ3) is 4.72. The second kappa shape index (κ2) is 8.85. The summed E-state index contributed by atoms with van der Waals surface area (Å²) in [5, 5.41) is 5.23. The lowest BCUT2D eigenvalue weighted by atomic mass is 9.89. The van der Waals surface area contributed by atoms with Crippen molar-refractivity contribution in [2.75, 3.05) is 36.4 Å². The SMILES string of the molecule is FC(F)(F)[C@H]1CCN(c2ncnc3[nH]ccc23)C[C@@H]1N1CC[C@@H](Nc2cc(Cl)cc(Cl)c2)C1. The first-order valence-corrected chi connectivity index (χ1v) is 11.6. The summed E-state index contributed by atoms with van der Waals surface area (Å²) in [5.74, 6) is -0.703. The van der Waals surface area contributed by atoms with E-state index in [9.17, 15) is 13.2 Å². The molecule has 4 heterocycles. The molecule has 2 saturated heterocycles. The maximum atomic E-state index is 14.0. The summed E-state index contributed by atoms with van der Waals surface area (Å²) in [7, 11) is 0. The van der Waals surface area contributed by atoms with E-state index in [1.165, 1.54) is 6.33 Å². The van der Waals surface area contributed by atoms with Gasteiger partial charge in [0.15, 0.2) is 0 Å². The second-order valence-electron chi connectivity index (χ2n) is 8.67. The van der Waals surface area contributed by atoms with E-state index in [1.54, 1.807) is 24.4 Å². The minimum absolute atomic E-state index is 0.0132. The second-order valence-corrected chi connectivity index (χ2v) is 9.54. The summed E-state index contributed by atoms with van der Waals surface area (Å²) >= 11 is 12.2. The van der Waals surface area contributed by atoms with Crippen molar-refractivity contribution in [2.24, 2.45) is 5.92 Å². The summed E-state index contributed by atoms with van der Waals surface area (Å²) in [4.78, 5) is 15.6. The van der Waals surface area contributed by atoms with E-state index in [-0.39, 0.29) is 19.0 Å². The van der Waals surface area contributed by atoms with Crippen LogP contribution in [0.2, 0.25) is 10.0 Å². The van der Waals surface area contributed by atoms with Crippen LogP contribution in [0, 0.1) is 5.92 Å². The number of nitrogens with one attached hydrogen (secondary N) is 2. The van der Waals surface area contributed by atoms with Crippen LogP contribution in [0.3, 0.4) is 0 Å². The molecule has 0 amide bonds. The van der Waals surface area contributed by atoms with E-state index in [0.717, 1.165) is 17.5 Å². The van der Waals surface area contributed by atoms with E-state index in [0.29, 0.717) is 41.1 Å². The molecule has 2 N–H and O–H groups in total. The third-order valence-corrected chi connectivity index (χ3v) is 6.99. The van der Waals surface area contributed by atoms with Gasteiger partial charge in [0.2, 0.25) is 0 Å². The maximum Gasteiger partial charge on any atom is 0.393 e. The van der Waals surface area contributed by atoms with Crippen molar-refractivity contribution in [2.45, 2.75) is 31.1 Å². The Labute approximate surface area is 199 Å². The molecule has 1 aromatic carbocycles. The Morgan fingerprint density at radius 2 is 1.82 bits per heavy atom. The summed E-state index contributed by atoms with van der Waals surface area (Å²) in [6.45, 7) is 1.66. The molecule has 0 radical (unpaired) electrons. The highest BCUT2D eigenvalue weighted by atomic mass is 35.5. The largest absolute Gasteiger partial charge is 0.393 e. The predicted molar refractivity (Wildman–Crippen MR) is 124 cm³/mol. The number of piperidine rings is 1. The summed E-state index contributed by atoms with van der Waals surface area (Å²) < 4.78 is 42.0. The molecule has 0 unspecified atom stereocenters. The van der Waals surface area contributed by atoms with Gasteiger partial charge in [-0.3, -0.25) is 4.90 Å². The maximum absolute atomic E-state index is 14.0. The van der Waals surface area contributed by atoms with E-state index in [1.807, 2.05) is 15.9 Å². The molecule has 2 fully saturated rings. The number of H-pyrrole nitrogens is 1. The molecule has 0 spiro atoms. The molecule has 176 valence electrons. The summed E-state index contributed by atoms with van der Waals surface area (Å²) in [6, 6.07) is 6.41. The van der Waals surface area contributed by atoms with E-state index >= 15 is 0 Å². The van der Waals surface area contributed by atoms with Crippen LogP contribution in [0.25, 0.3) is 11.0 Å². The smallest absolute Gasteiger partial charge is 0.381 e. The number of alkyl halides is 3. The summed E-state index contributed by atoms with van der Waals surface area (Å²) in [6.07, 6.45) is -0.270. The van der Waals surface area contributed by atoms with Gasteiger partial charge in [-0.2, -0.15) is 13.2 Å². The number of hydrogen-bond donors (Lipinski definition) is 2. The van der Waals surface area contributed by atoms with Crippen molar-refractivity contribution in [1.29, 1.82) is 0 Å². The molecule has 2 aliphatic heterocycles. The number of hydrogen-bond acceptors (Lipinski definition) is 5. The van der Waals surface area contributed by atoms with Crippen LogP contribution in [0.15, 0.2) is 36.8 Å². The summed E-state index contributed by atoms with van der Waals surface area (Å²) in [5.41, 5.74) is 1.45. The number of aromatic amines is 1. The zero-order valence-corrected chi connectivity index (χ0v) is 19.1. The van der Waals surface area contributed by atoms with Gasteiger partial charge in [0, 0.05) is 60.2 Å². The molecular weight excluding hydrogens is 476 g/mol. The van der Waals surface area contributed by atoms with Crippen LogP contribution in [0.5, 0.6) is 0 Å². The van der Waals surface area contributed by atoms with Crippen LogP contribution in [0.4, 0.5) is 24.7 Å². The molecule has 2 aliphatic rings. The van der Waals surface area contributed by atoms with Crippen LogP contribution in [-0.2, 0) is 0 Å². The zero-order chi connectivity index (χ0) is 23.2. The molecule has 0 aliphatic carbocycles. The van der Waals surface area contributed by atoms with E-state index in [4.69, 9.17) is 23.2 Å². The Morgan fingerprint density at radius 3 is 2.58 bits per heavy atom. The molecule has 11 heteroatoms. The molecule has 3 atom stereocenters. The highest BCUT2D eigenvalue weighted by Crippen LogP contribution is 2.39. The van der Waals surface area contributed by atoms with Crippen molar-refractivity contribution >= 4 is 45.7 Å². The molecular formula is C22H23Cl2F3N6. The van der Waals surface area contributed by atoms with Crippen LogP contribution < -0.4 is 10.2 Å². The molecule has 33 heavy (non-hydrogen) atoms. The number of rotatable bonds is 4. The highest BCUT2D eigenvalue weighted by molar-refractivity contribution is 6.35. The fraction of sp³-hybridized carbons (Fsp3) is 0.455. The first-order valence-electron chi connectivity index (χ1n) is 10.8. The highest BCUT2D eigenvalue weighted by Gasteiger charge is 2.50. The lowest BCUT2D eigenvalue weighted by Gasteiger charge is -2.44. The molecule has 0 saturated carbocycles. The van der Waals surface area contributed by atoms with Gasteiger partial charge in [-0.05, 0) is 37.1 Å². The monoisotopic (exact) mass is 498 g/mol. The lowest BCUT2D eigenvalue weighted by molar-refractivity contribution is -0.194. The van der Waals surface area contributed by atoms with E-state index in [2.05, 4.69) is 20.3 Å². The first kappa shape index (κ1) is 22.6. The number of likely N-dealkylation sites (tertiary alicyclic amines) is 1. The Balaban J connectivity index is 1.35. The molecule has 5 rings (SSSR count). The number of anilines is 2. The van der Waals surface area contributed by atoms with Crippen molar-refractivity contribution in [3.05, 3.63) is 46.8 Å². The fourth-order valence-electron chi connectivity index (χ4n) is 5.07. The van der Waals surface area contributed by atoms with Crippen LogP contribution in [0.1, 0.15) is 12.8 Å². The topological polar surface area (TPSA) is 60.1 Å². The van der Waals surface area contributed by atoms with Crippen LogP contribution in [-0.4, -0.2) is 64.3 Å². The van der Waals surface area contributed by atoms with Gasteiger partial charge in [-0.1, -0.05) is 23.2 Å².